The number of ether oxygens (including phenoxy) is 1. The van der Waals surface area contributed by atoms with Crippen molar-refractivity contribution in [1.29, 1.82) is 0 Å². The molecule has 7 N–H and O–H groups in total. The maximum atomic E-state index is 13.4. The van der Waals surface area contributed by atoms with Gasteiger partial charge < -0.3 is 37.1 Å². The first-order valence-corrected chi connectivity index (χ1v) is 15.7. The van der Waals surface area contributed by atoms with Gasteiger partial charge in [-0.25, -0.2) is 0 Å². The van der Waals surface area contributed by atoms with Gasteiger partial charge >= 0.3 is 5.97 Å². The fourth-order valence-electron chi connectivity index (χ4n) is 4.36. The first-order valence-electron chi connectivity index (χ1n) is 14.3. The molecule has 0 fully saturated rings. The van der Waals surface area contributed by atoms with E-state index in [1.807, 2.05) is 12.3 Å². The molecule has 244 valence electrons. The number of hydrogen-bond donors (Lipinski definition) is 5. The number of carbonyl (C=O) groups excluding carboxylic acids is 6. The monoisotopic (exact) mass is 642 g/mol. The molecule has 0 radical (unpaired) electrons. The number of nitrogens with zero attached hydrogens (tertiary/aromatic N) is 1. The van der Waals surface area contributed by atoms with Gasteiger partial charge in [-0.1, -0.05) is 42.5 Å². The molecule has 4 unspecified atom stereocenters. The summed E-state index contributed by atoms with van der Waals surface area (Å²) in [6.07, 6.45) is 2.55. The van der Waals surface area contributed by atoms with Crippen molar-refractivity contribution in [2.75, 3.05) is 25.6 Å². The molecule has 45 heavy (non-hydrogen) atoms. The number of amides is 5. The SMILES string of the molecule is CSCCC(C(N)=O)N(C)C(=O)C(Cc1ccccc1)NC(=O)CNC(=O)C(C)NC(=O)C(N)Cc1ccc(OC(C)=O)cc1. The lowest BCUT2D eigenvalue weighted by atomic mass is 10.0. The smallest absolute Gasteiger partial charge is 0.308 e. The minimum absolute atomic E-state index is 0.147. The van der Waals surface area contributed by atoms with Crippen molar-refractivity contribution in [3.8, 4) is 5.75 Å². The average Bonchev–Trinajstić information content (AvgIpc) is 3.00. The van der Waals surface area contributed by atoms with Crippen LogP contribution in [0.1, 0.15) is 31.4 Å². The summed E-state index contributed by atoms with van der Waals surface area (Å²) in [6.45, 7) is 2.27. The summed E-state index contributed by atoms with van der Waals surface area (Å²) in [5.41, 5.74) is 13.1. The number of nitrogens with two attached hydrogens (primary N) is 2. The molecule has 0 aliphatic rings. The van der Waals surface area contributed by atoms with E-state index in [9.17, 15) is 28.8 Å². The molecule has 0 bridgehead atoms. The zero-order chi connectivity index (χ0) is 33.5. The highest BCUT2D eigenvalue weighted by Crippen LogP contribution is 2.14. The number of carbonyl (C=O) groups is 6. The molecule has 0 aromatic heterocycles. The second-order valence-corrected chi connectivity index (χ2v) is 11.4. The lowest BCUT2D eigenvalue weighted by Gasteiger charge is -2.30. The second kappa shape index (κ2) is 18.4. The van der Waals surface area contributed by atoms with Crippen molar-refractivity contribution in [2.24, 2.45) is 11.5 Å². The number of benzene rings is 2. The number of esters is 1. The van der Waals surface area contributed by atoms with E-state index in [-0.39, 0.29) is 12.8 Å². The third kappa shape index (κ3) is 12.6. The van der Waals surface area contributed by atoms with E-state index in [0.29, 0.717) is 17.9 Å². The first kappa shape index (κ1) is 36.8. The fraction of sp³-hybridized carbons (Fsp3) is 0.419. The molecule has 5 amide bonds. The Morgan fingerprint density at radius 1 is 0.911 bits per heavy atom. The zero-order valence-electron chi connectivity index (χ0n) is 25.9. The van der Waals surface area contributed by atoms with Crippen molar-refractivity contribution >= 4 is 47.3 Å². The summed E-state index contributed by atoms with van der Waals surface area (Å²) in [6, 6.07) is 11.7. The summed E-state index contributed by atoms with van der Waals surface area (Å²) in [4.78, 5) is 76.0. The molecule has 0 aliphatic heterocycles. The topological polar surface area (TPSA) is 203 Å². The fourth-order valence-corrected chi connectivity index (χ4v) is 4.82. The van der Waals surface area contributed by atoms with Crippen LogP contribution in [0, 0.1) is 0 Å². The van der Waals surface area contributed by atoms with E-state index in [0.717, 1.165) is 11.1 Å². The molecular formula is C31H42N6O7S. The number of thioether (sulfide) groups is 1. The van der Waals surface area contributed by atoms with Crippen LogP contribution in [-0.4, -0.2) is 90.2 Å². The Hall–Kier alpha value is -4.43. The molecule has 2 aromatic rings. The molecule has 0 aliphatic carbocycles. The van der Waals surface area contributed by atoms with E-state index in [1.165, 1.54) is 37.6 Å². The van der Waals surface area contributed by atoms with Crippen LogP contribution in [0.3, 0.4) is 0 Å². The zero-order valence-corrected chi connectivity index (χ0v) is 26.7. The largest absolute Gasteiger partial charge is 0.427 e. The van der Waals surface area contributed by atoms with Crippen LogP contribution < -0.4 is 32.2 Å². The summed E-state index contributed by atoms with van der Waals surface area (Å²) in [5, 5.41) is 7.63. The van der Waals surface area contributed by atoms with E-state index in [1.54, 1.807) is 48.5 Å². The highest BCUT2D eigenvalue weighted by molar-refractivity contribution is 7.98. The van der Waals surface area contributed by atoms with Gasteiger partial charge in [-0.3, -0.25) is 28.8 Å². The Labute approximate surface area is 267 Å². The predicted molar refractivity (Wildman–Crippen MR) is 171 cm³/mol. The van der Waals surface area contributed by atoms with Crippen molar-refractivity contribution in [2.45, 2.75) is 57.3 Å². The van der Waals surface area contributed by atoms with Crippen molar-refractivity contribution in [3.63, 3.8) is 0 Å². The van der Waals surface area contributed by atoms with Gasteiger partial charge in [0.25, 0.3) is 0 Å². The number of likely N-dealkylation sites (N-methyl/N-ethyl adjacent to an activating group) is 1. The summed E-state index contributed by atoms with van der Waals surface area (Å²) >= 11 is 1.51. The molecule has 14 heteroatoms. The molecule has 4 atom stereocenters. The lowest BCUT2D eigenvalue weighted by Crippen LogP contribution is -2.56. The van der Waals surface area contributed by atoms with E-state index in [4.69, 9.17) is 16.2 Å². The van der Waals surface area contributed by atoms with Crippen molar-refractivity contribution in [3.05, 3.63) is 65.7 Å². The Morgan fingerprint density at radius 2 is 1.53 bits per heavy atom. The Kier molecular flexibility index (Phi) is 15.0. The van der Waals surface area contributed by atoms with Gasteiger partial charge in [-0.05, 0) is 55.0 Å². The lowest BCUT2D eigenvalue weighted by molar-refractivity contribution is -0.141. The van der Waals surface area contributed by atoms with Gasteiger partial charge in [0.05, 0.1) is 12.6 Å². The van der Waals surface area contributed by atoms with Crippen LogP contribution in [0.4, 0.5) is 0 Å². The third-order valence-corrected chi connectivity index (χ3v) is 7.45. The van der Waals surface area contributed by atoms with Gasteiger partial charge in [0.15, 0.2) is 0 Å². The molecular weight excluding hydrogens is 600 g/mol. The van der Waals surface area contributed by atoms with Gasteiger partial charge in [0, 0.05) is 20.4 Å². The number of nitrogens with one attached hydrogen (secondary N) is 3. The van der Waals surface area contributed by atoms with Crippen LogP contribution in [0.2, 0.25) is 0 Å². The van der Waals surface area contributed by atoms with E-state index in [2.05, 4.69) is 16.0 Å². The molecule has 0 saturated carbocycles. The Bertz CT molecular complexity index is 1330. The summed E-state index contributed by atoms with van der Waals surface area (Å²) < 4.78 is 4.98. The van der Waals surface area contributed by atoms with E-state index >= 15 is 0 Å². The van der Waals surface area contributed by atoms with E-state index < -0.39 is 66.2 Å². The molecule has 0 heterocycles. The second-order valence-electron chi connectivity index (χ2n) is 10.5. The van der Waals surface area contributed by atoms with Crippen molar-refractivity contribution in [1.82, 2.24) is 20.9 Å². The maximum Gasteiger partial charge on any atom is 0.308 e. The quantitative estimate of drug-likeness (QED) is 0.115. The van der Waals surface area contributed by atoms with Gasteiger partial charge in [-0.2, -0.15) is 11.8 Å². The molecule has 2 aromatic carbocycles. The minimum Gasteiger partial charge on any atom is -0.427 e. The number of hydrogen-bond acceptors (Lipinski definition) is 9. The van der Waals surface area contributed by atoms with Crippen LogP contribution in [-0.2, 0) is 41.6 Å². The van der Waals surface area contributed by atoms with Crippen LogP contribution >= 0.6 is 11.8 Å². The van der Waals surface area contributed by atoms with Gasteiger partial charge in [0.1, 0.15) is 23.9 Å². The van der Waals surface area contributed by atoms with Gasteiger partial charge in [0.2, 0.25) is 29.5 Å². The minimum atomic E-state index is -1.03. The highest BCUT2D eigenvalue weighted by Gasteiger charge is 2.31. The summed E-state index contributed by atoms with van der Waals surface area (Å²) in [7, 11) is 1.47. The molecule has 0 saturated heterocycles. The first-order chi connectivity index (χ1) is 21.3. The number of rotatable bonds is 17. The average molecular weight is 643 g/mol. The molecule has 13 nitrogen and oxygen atoms in total. The van der Waals surface area contributed by atoms with Crippen LogP contribution in [0.5, 0.6) is 5.75 Å². The maximum absolute atomic E-state index is 13.4. The Morgan fingerprint density at radius 3 is 2.11 bits per heavy atom. The summed E-state index contributed by atoms with van der Waals surface area (Å²) in [5.74, 6) is -2.48. The third-order valence-electron chi connectivity index (χ3n) is 6.81. The Balaban J connectivity index is 1.96. The highest BCUT2D eigenvalue weighted by atomic mass is 32.2. The van der Waals surface area contributed by atoms with Crippen LogP contribution in [0.25, 0.3) is 0 Å². The normalized spacial score (nSPS) is 13.4. The standard InChI is InChI=1S/C31H42N6O7S/c1-19(35-30(42)24(32)16-22-10-12-23(13-11-22)44-20(2)38)29(41)34-18-27(39)36-25(17-21-8-6-5-7-9-21)31(43)37(3)26(28(33)40)14-15-45-4/h5-13,19,24-26H,14-18,32H2,1-4H3,(H2,33,40)(H,34,41)(H,35,42)(H,36,39). The van der Waals surface area contributed by atoms with Crippen LogP contribution in [0.15, 0.2) is 54.6 Å². The number of primary amides is 1. The predicted octanol–water partition coefficient (Wildman–Crippen LogP) is -0.104. The van der Waals surface area contributed by atoms with Gasteiger partial charge in [-0.15, -0.1) is 0 Å². The van der Waals surface area contributed by atoms with Crippen molar-refractivity contribution < 1.29 is 33.5 Å². The molecule has 2 rings (SSSR count). The molecule has 0 spiro atoms.